The fourth-order valence-electron chi connectivity index (χ4n) is 2.83. The first-order valence-corrected chi connectivity index (χ1v) is 8.61. The standard InChI is InChI=1S/C16H27N5S/c1-19-22-13-8-9-16(20-12-6-4-3-5-7-12)14(10-13)15(17)11-21(2)18/h8-12,19-20H,3-7,17-18H2,1-2H3/b15-11-. The van der Waals surface area contributed by atoms with Crippen molar-refractivity contribution in [2.45, 2.75) is 43.0 Å². The zero-order valence-corrected chi connectivity index (χ0v) is 14.2. The van der Waals surface area contributed by atoms with Crippen molar-refractivity contribution in [3.63, 3.8) is 0 Å². The normalized spacial score (nSPS) is 16.6. The number of hydrogen-bond acceptors (Lipinski definition) is 6. The van der Waals surface area contributed by atoms with Gasteiger partial charge in [-0.2, -0.15) is 0 Å². The molecule has 22 heavy (non-hydrogen) atoms. The second kappa shape index (κ2) is 8.31. The van der Waals surface area contributed by atoms with Gasteiger partial charge in [0, 0.05) is 35.4 Å². The van der Waals surface area contributed by atoms with Crippen molar-refractivity contribution in [2.24, 2.45) is 11.6 Å². The van der Waals surface area contributed by atoms with Gasteiger partial charge in [-0.3, -0.25) is 4.72 Å². The molecule has 6 N–H and O–H groups in total. The van der Waals surface area contributed by atoms with Crippen LogP contribution in [0.2, 0.25) is 0 Å². The summed E-state index contributed by atoms with van der Waals surface area (Å²) in [6.45, 7) is 0. The molecular weight excluding hydrogens is 294 g/mol. The highest BCUT2D eigenvalue weighted by atomic mass is 32.2. The van der Waals surface area contributed by atoms with Gasteiger partial charge in [0.15, 0.2) is 0 Å². The van der Waals surface area contributed by atoms with E-state index in [0.717, 1.165) is 16.1 Å². The number of nitrogens with one attached hydrogen (secondary N) is 2. The smallest absolute Gasteiger partial charge is 0.0585 e. The quantitative estimate of drug-likeness (QED) is 0.366. The zero-order valence-electron chi connectivity index (χ0n) is 13.4. The number of nitrogens with two attached hydrogens (primary N) is 2. The number of benzene rings is 1. The monoisotopic (exact) mass is 321 g/mol. The summed E-state index contributed by atoms with van der Waals surface area (Å²) in [5.74, 6) is 5.70. The molecule has 0 heterocycles. The Morgan fingerprint density at radius 1 is 1.32 bits per heavy atom. The average Bonchev–Trinajstić information content (AvgIpc) is 2.49. The Balaban J connectivity index is 2.26. The van der Waals surface area contributed by atoms with Gasteiger partial charge in [0.1, 0.15) is 0 Å². The van der Waals surface area contributed by atoms with Crippen LogP contribution in [0, 0.1) is 0 Å². The van der Waals surface area contributed by atoms with Crippen molar-refractivity contribution in [1.29, 1.82) is 0 Å². The highest BCUT2D eigenvalue weighted by molar-refractivity contribution is 7.97. The highest BCUT2D eigenvalue weighted by Gasteiger charge is 2.15. The van der Waals surface area contributed by atoms with E-state index < -0.39 is 0 Å². The van der Waals surface area contributed by atoms with Gasteiger partial charge in [0.25, 0.3) is 0 Å². The number of hydrazine groups is 1. The van der Waals surface area contributed by atoms with E-state index in [0.29, 0.717) is 11.7 Å². The summed E-state index contributed by atoms with van der Waals surface area (Å²) in [6.07, 6.45) is 8.16. The van der Waals surface area contributed by atoms with Crippen LogP contribution in [0.1, 0.15) is 37.7 Å². The van der Waals surface area contributed by atoms with E-state index >= 15 is 0 Å². The van der Waals surface area contributed by atoms with Crippen LogP contribution in [-0.2, 0) is 0 Å². The Kier molecular flexibility index (Phi) is 6.42. The van der Waals surface area contributed by atoms with Gasteiger partial charge in [-0.05, 0) is 50.0 Å². The van der Waals surface area contributed by atoms with Crippen LogP contribution in [0.15, 0.2) is 29.3 Å². The molecule has 0 amide bonds. The maximum atomic E-state index is 6.24. The van der Waals surface area contributed by atoms with Crippen molar-refractivity contribution in [3.8, 4) is 0 Å². The predicted molar refractivity (Wildman–Crippen MR) is 96.0 cm³/mol. The van der Waals surface area contributed by atoms with Gasteiger partial charge in [0.05, 0.1) is 5.70 Å². The number of anilines is 1. The van der Waals surface area contributed by atoms with Gasteiger partial charge < -0.3 is 16.1 Å². The largest absolute Gasteiger partial charge is 0.397 e. The SMILES string of the molecule is CNSc1ccc(NC2CCCCC2)c(/C(N)=C/N(C)N)c1. The molecule has 0 bridgehead atoms. The summed E-state index contributed by atoms with van der Waals surface area (Å²) < 4.78 is 3.09. The minimum atomic E-state index is 0.540. The molecule has 0 spiro atoms. The van der Waals surface area contributed by atoms with Crippen molar-refractivity contribution in [1.82, 2.24) is 9.73 Å². The highest BCUT2D eigenvalue weighted by Crippen LogP contribution is 2.29. The second-order valence-corrected chi connectivity index (χ2v) is 6.83. The molecule has 2 rings (SSSR count). The Morgan fingerprint density at radius 2 is 2.05 bits per heavy atom. The first kappa shape index (κ1) is 17.0. The number of hydrogen-bond donors (Lipinski definition) is 4. The summed E-state index contributed by atoms with van der Waals surface area (Å²) in [7, 11) is 3.68. The molecule has 0 saturated heterocycles. The van der Waals surface area contributed by atoms with E-state index in [1.54, 1.807) is 25.2 Å². The van der Waals surface area contributed by atoms with E-state index in [9.17, 15) is 0 Å². The molecule has 6 heteroatoms. The fourth-order valence-corrected chi connectivity index (χ4v) is 3.37. The van der Waals surface area contributed by atoms with E-state index in [4.69, 9.17) is 11.6 Å². The summed E-state index contributed by atoms with van der Waals surface area (Å²) in [4.78, 5) is 1.13. The maximum Gasteiger partial charge on any atom is 0.0585 e. The Morgan fingerprint density at radius 3 is 2.68 bits per heavy atom. The van der Waals surface area contributed by atoms with Gasteiger partial charge in [-0.1, -0.05) is 19.3 Å². The van der Waals surface area contributed by atoms with Crippen LogP contribution >= 0.6 is 11.9 Å². The molecule has 122 valence electrons. The van der Waals surface area contributed by atoms with E-state index in [1.165, 1.54) is 37.1 Å². The van der Waals surface area contributed by atoms with Gasteiger partial charge in [-0.25, -0.2) is 5.84 Å². The van der Waals surface area contributed by atoms with Gasteiger partial charge in [-0.15, -0.1) is 0 Å². The summed E-state index contributed by atoms with van der Waals surface area (Å²) in [6, 6.07) is 6.86. The van der Waals surface area contributed by atoms with E-state index in [-0.39, 0.29) is 0 Å². The lowest BCUT2D eigenvalue weighted by atomic mass is 9.95. The molecule has 1 saturated carbocycles. The molecule has 1 fully saturated rings. The topological polar surface area (TPSA) is 79.3 Å². The number of rotatable bonds is 6. The van der Waals surface area contributed by atoms with Gasteiger partial charge in [0.2, 0.25) is 0 Å². The molecule has 0 atom stereocenters. The Hall–Kier alpha value is -1.37. The molecule has 1 aliphatic carbocycles. The first-order valence-electron chi connectivity index (χ1n) is 7.79. The molecule has 0 unspecified atom stereocenters. The van der Waals surface area contributed by atoms with Gasteiger partial charge >= 0.3 is 0 Å². The molecular formula is C16H27N5S. The lowest BCUT2D eigenvalue weighted by molar-refractivity contribution is 0.462. The van der Waals surface area contributed by atoms with Crippen molar-refractivity contribution in [2.75, 3.05) is 19.4 Å². The molecule has 0 aromatic heterocycles. The van der Waals surface area contributed by atoms with Crippen LogP contribution < -0.4 is 21.6 Å². The first-order chi connectivity index (χ1) is 10.6. The van der Waals surface area contributed by atoms with Crippen LogP contribution in [-0.4, -0.2) is 25.1 Å². The van der Waals surface area contributed by atoms with Crippen LogP contribution in [0.3, 0.4) is 0 Å². The molecule has 0 radical (unpaired) electrons. The van der Waals surface area contributed by atoms with E-state index in [2.05, 4.69) is 28.2 Å². The summed E-state index contributed by atoms with van der Waals surface area (Å²) in [5.41, 5.74) is 8.99. The molecule has 5 nitrogen and oxygen atoms in total. The Labute approximate surface area is 137 Å². The zero-order chi connectivity index (χ0) is 15.9. The van der Waals surface area contributed by atoms with Crippen LogP contribution in [0.25, 0.3) is 5.70 Å². The minimum absolute atomic E-state index is 0.540. The molecule has 0 aliphatic heterocycles. The third kappa shape index (κ3) is 4.83. The lowest BCUT2D eigenvalue weighted by Crippen LogP contribution is -2.24. The van der Waals surface area contributed by atoms with Crippen LogP contribution in [0.4, 0.5) is 5.69 Å². The number of nitrogens with zero attached hydrogens (tertiary/aromatic N) is 1. The third-order valence-electron chi connectivity index (χ3n) is 3.83. The fraction of sp³-hybridized carbons (Fsp3) is 0.500. The Bertz CT molecular complexity index is 509. The van der Waals surface area contributed by atoms with Crippen LogP contribution in [0.5, 0.6) is 0 Å². The van der Waals surface area contributed by atoms with Crippen molar-refractivity contribution in [3.05, 3.63) is 30.0 Å². The van der Waals surface area contributed by atoms with Crippen molar-refractivity contribution >= 4 is 23.3 Å². The lowest BCUT2D eigenvalue weighted by Gasteiger charge is -2.25. The molecule has 1 aromatic carbocycles. The average molecular weight is 321 g/mol. The minimum Gasteiger partial charge on any atom is -0.397 e. The summed E-state index contributed by atoms with van der Waals surface area (Å²) >= 11 is 1.58. The maximum absolute atomic E-state index is 6.24. The van der Waals surface area contributed by atoms with E-state index in [1.807, 2.05) is 7.05 Å². The summed E-state index contributed by atoms with van der Waals surface area (Å²) in [5, 5.41) is 5.15. The third-order valence-corrected chi connectivity index (χ3v) is 4.52. The molecule has 1 aromatic rings. The second-order valence-electron chi connectivity index (χ2n) is 5.74. The predicted octanol–water partition coefficient (Wildman–Crippen LogP) is 2.72. The molecule has 1 aliphatic rings. The van der Waals surface area contributed by atoms with Crippen molar-refractivity contribution < 1.29 is 0 Å².